The second kappa shape index (κ2) is 7.31. The number of anilines is 1. The maximum Gasteiger partial charge on any atom is 0.337 e. The van der Waals surface area contributed by atoms with Crippen LogP contribution in [0.15, 0.2) is 48.0 Å². The molecule has 4 nitrogen and oxygen atoms in total. The van der Waals surface area contributed by atoms with Gasteiger partial charge in [0, 0.05) is 15.6 Å². The largest absolute Gasteiger partial charge is 0.478 e. The predicted molar refractivity (Wildman–Crippen MR) is 92.1 cm³/mol. The van der Waals surface area contributed by atoms with Gasteiger partial charge in [-0.1, -0.05) is 35.3 Å². The number of hydrogen-bond donors (Lipinski definition) is 2. The molecular formula is C17H13Cl2NO3. The Bertz CT molecular complexity index is 783. The molecule has 0 aliphatic rings. The lowest BCUT2D eigenvalue weighted by Crippen LogP contribution is -2.15. The van der Waals surface area contributed by atoms with Crippen LogP contribution in [0.25, 0.3) is 6.08 Å². The van der Waals surface area contributed by atoms with Gasteiger partial charge < -0.3 is 10.4 Å². The van der Waals surface area contributed by atoms with E-state index in [1.54, 1.807) is 37.3 Å². The number of nitrogens with one attached hydrogen (secondary N) is 1. The molecule has 0 radical (unpaired) electrons. The molecule has 1 amide bonds. The van der Waals surface area contributed by atoms with Crippen LogP contribution in [0.4, 0.5) is 5.69 Å². The van der Waals surface area contributed by atoms with Crippen molar-refractivity contribution in [1.29, 1.82) is 0 Å². The van der Waals surface area contributed by atoms with Crippen LogP contribution in [0.2, 0.25) is 10.0 Å². The zero-order valence-electron chi connectivity index (χ0n) is 12.1. The molecule has 2 N–H and O–H groups in total. The summed E-state index contributed by atoms with van der Waals surface area (Å²) >= 11 is 11.6. The van der Waals surface area contributed by atoms with E-state index < -0.39 is 11.9 Å². The molecule has 2 rings (SSSR count). The Morgan fingerprint density at radius 1 is 1.04 bits per heavy atom. The molecule has 0 fully saturated rings. The highest BCUT2D eigenvalue weighted by Gasteiger charge is 2.14. The van der Waals surface area contributed by atoms with Crippen LogP contribution in [0.1, 0.15) is 22.8 Å². The van der Waals surface area contributed by atoms with Crippen LogP contribution in [0.5, 0.6) is 0 Å². The van der Waals surface area contributed by atoms with Gasteiger partial charge in [-0.2, -0.15) is 0 Å². The molecule has 0 saturated heterocycles. The first-order chi connectivity index (χ1) is 10.9. The van der Waals surface area contributed by atoms with E-state index in [4.69, 9.17) is 28.3 Å². The van der Waals surface area contributed by atoms with Crippen molar-refractivity contribution >= 4 is 46.8 Å². The molecule has 0 aromatic heterocycles. The Hall–Kier alpha value is -2.30. The molecule has 0 unspecified atom stereocenters. The summed E-state index contributed by atoms with van der Waals surface area (Å²) in [5.74, 6) is -1.56. The van der Waals surface area contributed by atoms with Crippen molar-refractivity contribution in [3.63, 3.8) is 0 Å². The zero-order chi connectivity index (χ0) is 17.0. The fraction of sp³-hybridized carbons (Fsp3) is 0.0588. The fourth-order valence-corrected chi connectivity index (χ4v) is 2.20. The molecule has 0 saturated carbocycles. The van der Waals surface area contributed by atoms with E-state index in [1.165, 1.54) is 18.2 Å². The van der Waals surface area contributed by atoms with Crippen molar-refractivity contribution in [1.82, 2.24) is 0 Å². The van der Waals surface area contributed by atoms with Gasteiger partial charge in [0.1, 0.15) is 0 Å². The summed E-state index contributed by atoms with van der Waals surface area (Å²) in [6.45, 7) is 1.64. The van der Waals surface area contributed by atoms with Crippen LogP contribution >= 0.6 is 23.2 Å². The highest BCUT2D eigenvalue weighted by atomic mass is 35.5. The van der Waals surface area contributed by atoms with Crippen molar-refractivity contribution in [2.45, 2.75) is 6.92 Å². The molecule has 0 bridgehead atoms. The molecule has 2 aromatic carbocycles. The maximum absolute atomic E-state index is 12.2. The molecule has 2 aromatic rings. The Morgan fingerprint density at radius 3 is 2.26 bits per heavy atom. The van der Waals surface area contributed by atoms with Gasteiger partial charge >= 0.3 is 5.97 Å². The quantitative estimate of drug-likeness (QED) is 0.783. The predicted octanol–water partition coefficient (Wildman–Crippen LogP) is 4.73. The second-order valence-corrected chi connectivity index (χ2v) is 5.70. The van der Waals surface area contributed by atoms with Crippen molar-refractivity contribution in [3.8, 4) is 0 Å². The lowest BCUT2D eigenvalue weighted by Gasteiger charge is -2.09. The molecule has 0 spiro atoms. The van der Waals surface area contributed by atoms with Crippen molar-refractivity contribution < 1.29 is 14.7 Å². The number of carbonyl (C=O) groups excluding carboxylic acids is 1. The van der Waals surface area contributed by atoms with Gasteiger partial charge in [0.05, 0.1) is 11.3 Å². The Kier molecular flexibility index (Phi) is 5.42. The minimum Gasteiger partial charge on any atom is -0.478 e. The summed E-state index contributed by atoms with van der Waals surface area (Å²) < 4.78 is 0. The molecule has 0 aliphatic carbocycles. The van der Waals surface area contributed by atoms with Crippen LogP contribution in [-0.4, -0.2) is 17.0 Å². The van der Waals surface area contributed by atoms with Crippen molar-refractivity contribution in [2.24, 2.45) is 0 Å². The van der Waals surface area contributed by atoms with E-state index >= 15 is 0 Å². The van der Waals surface area contributed by atoms with Crippen molar-refractivity contribution in [2.75, 3.05) is 5.32 Å². The van der Waals surface area contributed by atoms with Crippen LogP contribution in [-0.2, 0) is 4.79 Å². The van der Waals surface area contributed by atoms with E-state index in [1.807, 2.05) is 0 Å². The van der Waals surface area contributed by atoms with Gasteiger partial charge in [-0.25, -0.2) is 4.79 Å². The number of aromatic carboxylic acids is 1. The average Bonchev–Trinajstić information content (AvgIpc) is 2.51. The number of benzene rings is 2. The maximum atomic E-state index is 12.2. The Labute approximate surface area is 143 Å². The first kappa shape index (κ1) is 17.1. The van der Waals surface area contributed by atoms with Gasteiger partial charge in [0.15, 0.2) is 0 Å². The zero-order valence-corrected chi connectivity index (χ0v) is 13.7. The lowest BCUT2D eigenvalue weighted by atomic mass is 10.1. The summed E-state index contributed by atoms with van der Waals surface area (Å²) in [7, 11) is 0. The third kappa shape index (κ3) is 4.58. The summed E-state index contributed by atoms with van der Waals surface area (Å²) in [4.78, 5) is 23.4. The number of carboxylic acid groups (broad SMARTS) is 1. The summed E-state index contributed by atoms with van der Waals surface area (Å²) in [6, 6.07) is 11.3. The number of amides is 1. The highest BCUT2D eigenvalue weighted by Crippen LogP contribution is 2.21. The van der Waals surface area contributed by atoms with E-state index in [9.17, 15) is 9.59 Å². The normalized spacial score (nSPS) is 11.2. The van der Waals surface area contributed by atoms with E-state index in [-0.39, 0.29) is 16.3 Å². The first-order valence-corrected chi connectivity index (χ1v) is 7.40. The van der Waals surface area contributed by atoms with E-state index in [0.29, 0.717) is 10.6 Å². The smallest absolute Gasteiger partial charge is 0.337 e. The summed E-state index contributed by atoms with van der Waals surface area (Å²) in [6.07, 6.45) is 1.68. The minimum absolute atomic E-state index is 0.0647. The van der Waals surface area contributed by atoms with Crippen LogP contribution in [0, 0.1) is 0 Å². The number of carbonyl (C=O) groups is 2. The summed E-state index contributed by atoms with van der Waals surface area (Å²) in [5.41, 5.74) is 1.37. The van der Waals surface area contributed by atoms with Gasteiger partial charge in [-0.3, -0.25) is 4.79 Å². The SMILES string of the molecule is C/C(=C\c1ccc(Cl)cc1)C(=O)Nc1ccc(Cl)cc1C(=O)O. The third-order valence-corrected chi connectivity index (χ3v) is 3.56. The molecule has 0 atom stereocenters. The molecule has 118 valence electrons. The monoisotopic (exact) mass is 349 g/mol. The molecule has 6 heteroatoms. The van der Waals surface area contributed by atoms with Crippen LogP contribution < -0.4 is 5.32 Å². The highest BCUT2D eigenvalue weighted by molar-refractivity contribution is 6.31. The molecule has 0 aliphatic heterocycles. The average molecular weight is 350 g/mol. The molecular weight excluding hydrogens is 337 g/mol. The van der Waals surface area contributed by atoms with Gasteiger partial charge in [-0.15, -0.1) is 0 Å². The minimum atomic E-state index is -1.16. The standard InChI is InChI=1S/C17H13Cl2NO3/c1-10(8-11-2-4-12(18)5-3-11)16(21)20-15-7-6-13(19)9-14(15)17(22)23/h2-9H,1H3,(H,20,21)(H,22,23)/b10-8+. The molecule has 23 heavy (non-hydrogen) atoms. The van der Waals surface area contributed by atoms with E-state index in [0.717, 1.165) is 5.56 Å². The first-order valence-electron chi connectivity index (χ1n) is 6.65. The fourth-order valence-electron chi connectivity index (χ4n) is 1.90. The Balaban J connectivity index is 2.21. The van der Waals surface area contributed by atoms with Crippen LogP contribution in [0.3, 0.4) is 0 Å². The van der Waals surface area contributed by atoms with E-state index in [2.05, 4.69) is 5.32 Å². The third-order valence-electron chi connectivity index (χ3n) is 3.07. The van der Waals surface area contributed by atoms with Gasteiger partial charge in [0.25, 0.3) is 5.91 Å². The topological polar surface area (TPSA) is 66.4 Å². The van der Waals surface area contributed by atoms with Gasteiger partial charge in [-0.05, 0) is 48.9 Å². The number of hydrogen-bond acceptors (Lipinski definition) is 2. The Morgan fingerprint density at radius 2 is 1.65 bits per heavy atom. The van der Waals surface area contributed by atoms with Gasteiger partial charge in [0.2, 0.25) is 0 Å². The lowest BCUT2D eigenvalue weighted by molar-refractivity contribution is -0.112. The number of rotatable bonds is 4. The second-order valence-electron chi connectivity index (χ2n) is 4.83. The molecule has 0 heterocycles. The van der Waals surface area contributed by atoms with Crippen molar-refractivity contribution in [3.05, 3.63) is 69.2 Å². The number of halogens is 2. The number of carboxylic acids is 1. The summed E-state index contributed by atoms with van der Waals surface area (Å²) in [5, 5.41) is 12.6.